The summed E-state index contributed by atoms with van der Waals surface area (Å²) in [5.74, 6) is -2.68. The molecule has 34 heavy (non-hydrogen) atoms. The largest absolute Gasteiger partial charge is 0.480 e. The van der Waals surface area contributed by atoms with Gasteiger partial charge < -0.3 is 31.4 Å². The fourth-order valence-corrected chi connectivity index (χ4v) is 4.36. The van der Waals surface area contributed by atoms with Gasteiger partial charge in [-0.25, -0.2) is 0 Å². The first kappa shape index (κ1) is 25.2. The Morgan fingerprint density at radius 3 is 2.71 bits per heavy atom. The lowest BCUT2D eigenvalue weighted by Crippen LogP contribution is -2.57. The topological polar surface area (TPSA) is 158 Å². The molecule has 3 rings (SSSR count). The average molecular weight is 472 g/mol. The number of fused-ring (bicyclic) bond motifs is 1. The van der Waals surface area contributed by atoms with Crippen LogP contribution in [-0.2, 0) is 25.6 Å². The van der Waals surface area contributed by atoms with E-state index >= 15 is 0 Å². The van der Waals surface area contributed by atoms with Crippen molar-refractivity contribution in [2.45, 2.75) is 57.7 Å². The fraction of sp³-hybridized carbons (Fsp3) is 0.500. The average Bonchev–Trinajstić information content (AvgIpc) is 3.47. The molecule has 1 aromatic heterocycles. The number of aliphatic carboxylic acids is 1. The van der Waals surface area contributed by atoms with Crippen LogP contribution < -0.4 is 16.4 Å². The Hall–Kier alpha value is -3.40. The lowest BCUT2D eigenvalue weighted by molar-refractivity contribution is -0.141. The van der Waals surface area contributed by atoms with Crippen LogP contribution in [0.1, 0.15) is 38.7 Å². The van der Waals surface area contributed by atoms with Crippen molar-refractivity contribution in [3.8, 4) is 0 Å². The molecule has 3 amide bonds. The third-order valence-corrected chi connectivity index (χ3v) is 6.48. The number of benzene rings is 1. The van der Waals surface area contributed by atoms with E-state index in [-0.39, 0.29) is 11.8 Å². The van der Waals surface area contributed by atoms with Crippen LogP contribution in [0.5, 0.6) is 0 Å². The van der Waals surface area contributed by atoms with Crippen LogP contribution >= 0.6 is 0 Å². The molecule has 0 saturated carbocycles. The summed E-state index contributed by atoms with van der Waals surface area (Å²) in [6, 6.07) is 5.35. The molecule has 4 atom stereocenters. The fourth-order valence-electron chi connectivity index (χ4n) is 4.36. The maximum Gasteiger partial charge on any atom is 0.322 e. The molecular formula is C24H33N5O5. The third-order valence-electron chi connectivity index (χ3n) is 6.48. The Kier molecular flexibility index (Phi) is 8.27. The number of aromatic nitrogens is 1. The Morgan fingerprint density at radius 1 is 1.26 bits per heavy atom. The Labute approximate surface area is 198 Å². The molecule has 0 aliphatic carbocycles. The quantitative estimate of drug-likeness (QED) is 0.344. The van der Waals surface area contributed by atoms with Crippen LogP contribution in [0.25, 0.3) is 10.9 Å². The summed E-state index contributed by atoms with van der Waals surface area (Å²) in [5.41, 5.74) is 8.17. The molecule has 184 valence electrons. The third kappa shape index (κ3) is 5.74. The molecule has 1 aromatic carbocycles. The zero-order chi connectivity index (χ0) is 24.8. The normalized spacial score (nSPS) is 18.3. The van der Waals surface area contributed by atoms with Gasteiger partial charge in [-0.05, 0) is 36.8 Å². The van der Waals surface area contributed by atoms with Crippen LogP contribution in [0, 0.1) is 5.92 Å². The molecule has 0 radical (unpaired) electrons. The SMILES string of the molecule is CCC(C)C(NC(=O)C1CCCN1C(=O)C(N)Cc1c[nH]c2ccccc12)C(=O)NCC(=O)O. The number of rotatable bonds is 10. The van der Waals surface area contributed by atoms with Crippen molar-refractivity contribution >= 4 is 34.6 Å². The number of aromatic amines is 1. The number of carboxylic acid groups (broad SMARTS) is 1. The van der Waals surface area contributed by atoms with Crippen molar-refractivity contribution in [1.82, 2.24) is 20.5 Å². The van der Waals surface area contributed by atoms with Crippen LogP contribution in [0.4, 0.5) is 0 Å². The lowest BCUT2D eigenvalue weighted by atomic mass is 9.97. The van der Waals surface area contributed by atoms with Gasteiger partial charge in [0.15, 0.2) is 0 Å². The summed E-state index contributed by atoms with van der Waals surface area (Å²) in [7, 11) is 0. The molecule has 1 saturated heterocycles. The molecule has 1 aliphatic heterocycles. The summed E-state index contributed by atoms with van der Waals surface area (Å²) < 4.78 is 0. The zero-order valence-electron chi connectivity index (χ0n) is 19.5. The zero-order valence-corrected chi connectivity index (χ0v) is 19.5. The van der Waals surface area contributed by atoms with E-state index < -0.39 is 42.5 Å². The van der Waals surface area contributed by atoms with Gasteiger partial charge in [0.25, 0.3) is 0 Å². The van der Waals surface area contributed by atoms with Gasteiger partial charge in [0.1, 0.15) is 18.6 Å². The van der Waals surface area contributed by atoms with Crippen molar-refractivity contribution in [3.05, 3.63) is 36.0 Å². The molecule has 0 bridgehead atoms. The Morgan fingerprint density at radius 2 is 2.00 bits per heavy atom. The second-order valence-corrected chi connectivity index (χ2v) is 8.84. The summed E-state index contributed by atoms with van der Waals surface area (Å²) in [4.78, 5) is 54.3. The number of para-hydroxylation sites is 1. The van der Waals surface area contributed by atoms with Gasteiger partial charge in [-0.3, -0.25) is 19.2 Å². The summed E-state index contributed by atoms with van der Waals surface area (Å²) in [5, 5.41) is 14.9. The predicted octanol–water partition coefficient (Wildman–Crippen LogP) is 0.760. The highest BCUT2D eigenvalue weighted by atomic mass is 16.4. The molecule has 10 nitrogen and oxygen atoms in total. The predicted molar refractivity (Wildman–Crippen MR) is 127 cm³/mol. The van der Waals surface area contributed by atoms with Gasteiger partial charge in [-0.2, -0.15) is 0 Å². The van der Waals surface area contributed by atoms with E-state index in [9.17, 15) is 19.2 Å². The van der Waals surface area contributed by atoms with E-state index in [1.807, 2.05) is 37.4 Å². The highest BCUT2D eigenvalue weighted by molar-refractivity contribution is 5.94. The van der Waals surface area contributed by atoms with Crippen LogP contribution in [0.3, 0.4) is 0 Å². The van der Waals surface area contributed by atoms with Gasteiger partial charge >= 0.3 is 5.97 Å². The van der Waals surface area contributed by atoms with Crippen molar-refractivity contribution in [2.75, 3.05) is 13.1 Å². The molecule has 1 aliphatic rings. The first-order valence-corrected chi connectivity index (χ1v) is 11.6. The monoisotopic (exact) mass is 471 g/mol. The number of amides is 3. The number of likely N-dealkylation sites (tertiary alicyclic amines) is 1. The smallest absolute Gasteiger partial charge is 0.322 e. The maximum absolute atomic E-state index is 13.2. The van der Waals surface area contributed by atoms with Crippen LogP contribution in [0.2, 0.25) is 0 Å². The first-order valence-electron chi connectivity index (χ1n) is 11.6. The van der Waals surface area contributed by atoms with Crippen molar-refractivity contribution < 1.29 is 24.3 Å². The number of carbonyl (C=O) groups excluding carboxylic acids is 3. The van der Waals surface area contributed by atoms with E-state index in [0.29, 0.717) is 32.2 Å². The van der Waals surface area contributed by atoms with Crippen LogP contribution in [0.15, 0.2) is 30.5 Å². The Balaban J connectivity index is 1.67. The number of nitrogens with zero attached hydrogens (tertiary/aromatic N) is 1. The van der Waals surface area contributed by atoms with Gasteiger partial charge in [0.05, 0.1) is 6.04 Å². The summed E-state index contributed by atoms with van der Waals surface area (Å²) in [6.45, 7) is 3.57. The summed E-state index contributed by atoms with van der Waals surface area (Å²) >= 11 is 0. The molecular weight excluding hydrogens is 438 g/mol. The number of hydrogen-bond acceptors (Lipinski definition) is 5. The van der Waals surface area contributed by atoms with Crippen LogP contribution in [-0.4, -0.2) is 69.9 Å². The molecule has 0 spiro atoms. The lowest BCUT2D eigenvalue weighted by Gasteiger charge is -2.29. The molecule has 2 heterocycles. The second-order valence-electron chi connectivity index (χ2n) is 8.84. The van der Waals surface area contributed by atoms with Crippen molar-refractivity contribution in [1.29, 1.82) is 0 Å². The van der Waals surface area contributed by atoms with Gasteiger partial charge in [-0.15, -0.1) is 0 Å². The van der Waals surface area contributed by atoms with E-state index in [4.69, 9.17) is 10.8 Å². The number of carboxylic acids is 1. The number of H-pyrrole nitrogens is 1. The molecule has 1 fully saturated rings. The minimum atomic E-state index is -1.17. The Bertz CT molecular complexity index is 1050. The van der Waals surface area contributed by atoms with Gasteiger partial charge in [-0.1, -0.05) is 38.5 Å². The minimum Gasteiger partial charge on any atom is -0.480 e. The summed E-state index contributed by atoms with van der Waals surface area (Å²) in [6.07, 6.45) is 3.91. The minimum absolute atomic E-state index is 0.215. The highest BCUT2D eigenvalue weighted by Gasteiger charge is 2.38. The van der Waals surface area contributed by atoms with Gasteiger partial charge in [0.2, 0.25) is 17.7 Å². The standard InChI is InChI=1S/C24H33N5O5/c1-3-14(2)21(23(33)27-13-20(30)31)28-22(32)19-9-6-10-29(19)24(34)17(25)11-15-12-26-18-8-5-4-7-16(15)18/h4-5,7-8,12,14,17,19,21,26H,3,6,9-11,13,25H2,1-2H3,(H,27,33)(H,28,32)(H,30,31). The highest BCUT2D eigenvalue weighted by Crippen LogP contribution is 2.22. The van der Waals surface area contributed by atoms with Gasteiger partial charge in [0, 0.05) is 23.6 Å². The van der Waals surface area contributed by atoms with Crippen molar-refractivity contribution in [2.24, 2.45) is 11.7 Å². The number of hydrogen-bond donors (Lipinski definition) is 5. The molecule has 2 aromatic rings. The van der Waals surface area contributed by atoms with E-state index in [1.54, 1.807) is 6.92 Å². The number of nitrogens with one attached hydrogen (secondary N) is 3. The maximum atomic E-state index is 13.2. The molecule has 6 N–H and O–H groups in total. The van der Waals surface area contributed by atoms with E-state index in [1.165, 1.54) is 4.90 Å². The number of nitrogens with two attached hydrogens (primary N) is 1. The second kappa shape index (κ2) is 11.1. The van der Waals surface area contributed by atoms with E-state index in [2.05, 4.69) is 15.6 Å². The number of carbonyl (C=O) groups is 4. The van der Waals surface area contributed by atoms with E-state index in [0.717, 1.165) is 16.5 Å². The molecule has 10 heteroatoms. The molecule has 4 unspecified atom stereocenters. The van der Waals surface area contributed by atoms with Crippen molar-refractivity contribution in [3.63, 3.8) is 0 Å². The first-order chi connectivity index (χ1) is 16.2.